The van der Waals surface area contributed by atoms with Gasteiger partial charge in [-0.25, -0.2) is 0 Å². The Morgan fingerprint density at radius 1 is 1.05 bits per heavy atom. The molecule has 1 aliphatic rings. The number of allylic oxidation sites excluding steroid dienone is 2. The lowest BCUT2D eigenvalue weighted by molar-refractivity contribution is -0.385. The number of nitro groups is 1. The van der Waals surface area contributed by atoms with Crippen molar-refractivity contribution in [3.8, 4) is 5.75 Å². The van der Waals surface area contributed by atoms with Gasteiger partial charge >= 0.3 is 0 Å². The van der Waals surface area contributed by atoms with Gasteiger partial charge in [0, 0.05) is 11.6 Å². The molecule has 0 aliphatic heterocycles. The fraction of sp³-hybridized carbons (Fsp3) is 0.500. The molecule has 0 heterocycles. The quantitative estimate of drug-likeness (QED) is 0.0731. The summed E-state index contributed by atoms with van der Waals surface area (Å²) in [6, 6.07) is 14.0. The van der Waals surface area contributed by atoms with E-state index in [1.165, 1.54) is 6.07 Å². The normalized spacial score (nSPS) is 18.0. The number of aliphatic hydroxyl groups excluding tert-OH is 1. The summed E-state index contributed by atoms with van der Waals surface area (Å²) in [4.78, 5) is 25.0. The van der Waals surface area contributed by atoms with Gasteiger partial charge in [0.1, 0.15) is 5.75 Å². The van der Waals surface area contributed by atoms with Gasteiger partial charge in [-0.05, 0) is 58.3 Å². The number of ether oxygens (including phenoxy) is 2. The van der Waals surface area contributed by atoms with Crippen LogP contribution in [0.15, 0.2) is 66.3 Å². The Bertz CT molecular complexity index is 1280. The van der Waals surface area contributed by atoms with E-state index in [1.54, 1.807) is 31.4 Å². The number of aliphatic hydroxyl groups is 1. The van der Waals surface area contributed by atoms with Crippen molar-refractivity contribution in [2.75, 3.05) is 26.9 Å². The van der Waals surface area contributed by atoms with Crippen LogP contribution in [0.2, 0.25) is 16.6 Å². The zero-order valence-corrected chi connectivity index (χ0v) is 27.5. The lowest BCUT2D eigenvalue weighted by atomic mass is 9.73. The number of para-hydroxylation sites is 1. The molecule has 9 heteroatoms. The van der Waals surface area contributed by atoms with Gasteiger partial charge in [-0.15, -0.1) is 0 Å². The largest absolute Gasteiger partial charge is 0.497 e. The first-order valence-electron chi connectivity index (χ1n) is 15.1. The number of nitrogens with zero attached hydrogens (tertiary/aromatic N) is 1. The van der Waals surface area contributed by atoms with Crippen LogP contribution in [0.25, 0.3) is 5.57 Å². The van der Waals surface area contributed by atoms with Crippen LogP contribution in [0, 0.1) is 22.0 Å². The summed E-state index contributed by atoms with van der Waals surface area (Å²) in [7, 11) is -0.601. The zero-order chi connectivity index (χ0) is 31.7. The van der Waals surface area contributed by atoms with Crippen molar-refractivity contribution in [1.82, 2.24) is 0 Å². The van der Waals surface area contributed by atoms with E-state index in [2.05, 4.69) is 41.5 Å². The average Bonchev–Trinajstić information content (AvgIpc) is 2.98. The van der Waals surface area contributed by atoms with Crippen molar-refractivity contribution in [1.29, 1.82) is 0 Å². The first-order chi connectivity index (χ1) is 20.5. The molecule has 0 spiro atoms. The molecule has 8 nitrogen and oxygen atoms in total. The molecule has 2 aromatic rings. The van der Waals surface area contributed by atoms with Crippen LogP contribution in [0.5, 0.6) is 5.75 Å². The van der Waals surface area contributed by atoms with Crippen molar-refractivity contribution in [3.63, 3.8) is 0 Å². The second kappa shape index (κ2) is 15.6. The van der Waals surface area contributed by atoms with Crippen LogP contribution >= 0.6 is 0 Å². The monoisotopic (exact) mass is 609 g/mol. The molecule has 43 heavy (non-hydrogen) atoms. The van der Waals surface area contributed by atoms with E-state index in [-0.39, 0.29) is 35.1 Å². The number of rotatable bonds is 15. The lowest BCUT2D eigenvalue weighted by Gasteiger charge is -2.43. The van der Waals surface area contributed by atoms with Crippen LogP contribution in [0.3, 0.4) is 0 Å². The molecule has 0 saturated heterocycles. The summed E-state index contributed by atoms with van der Waals surface area (Å²) in [5.41, 5.74) is 3.52. The van der Waals surface area contributed by atoms with Gasteiger partial charge in [-0.2, -0.15) is 0 Å². The second-order valence-corrected chi connectivity index (χ2v) is 17.6. The van der Waals surface area contributed by atoms with E-state index in [0.717, 1.165) is 16.9 Å². The van der Waals surface area contributed by atoms with E-state index in [0.29, 0.717) is 42.9 Å². The summed E-state index contributed by atoms with van der Waals surface area (Å²) in [5.74, 6) is -0.573. The summed E-state index contributed by atoms with van der Waals surface area (Å²) in [6.07, 6.45) is 4.23. The van der Waals surface area contributed by atoms with Gasteiger partial charge in [-0.1, -0.05) is 78.0 Å². The maximum Gasteiger partial charge on any atom is 0.277 e. The minimum atomic E-state index is -2.23. The number of ketones is 1. The number of carbonyl (C=O) groups excluding carboxylic acids is 1. The Labute approximate surface area is 257 Å². The van der Waals surface area contributed by atoms with Crippen LogP contribution in [-0.4, -0.2) is 51.1 Å². The number of carbonyl (C=O) groups is 1. The fourth-order valence-electron chi connectivity index (χ4n) is 6.71. The van der Waals surface area contributed by atoms with Crippen molar-refractivity contribution < 1.29 is 28.7 Å². The molecule has 1 aliphatic carbocycles. The average molecular weight is 610 g/mol. The number of benzene rings is 2. The molecular weight excluding hydrogens is 562 g/mol. The smallest absolute Gasteiger partial charge is 0.277 e. The molecule has 0 saturated carbocycles. The SMILES string of the molecule is COc1ccc(COC/C=C(\CO[Si](C(C)C)(C(C)C)C(C)C)[C@@H]2CC=C(c3ccccc3[N+](=O)[O-])C(=O)[C@H]2CO)cc1. The molecule has 0 radical (unpaired) electrons. The van der Waals surface area contributed by atoms with Gasteiger partial charge in [-0.3, -0.25) is 14.9 Å². The highest BCUT2D eigenvalue weighted by Crippen LogP contribution is 2.44. The molecule has 2 atom stereocenters. The number of nitro benzene ring substituents is 1. The molecule has 0 bridgehead atoms. The van der Waals surface area contributed by atoms with Crippen molar-refractivity contribution >= 4 is 25.4 Å². The maximum absolute atomic E-state index is 13.8. The zero-order valence-electron chi connectivity index (χ0n) is 26.5. The second-order valence-electron chi connectivity index (χ2n) is 12.1. The predicted molar refractivity (Wildman–Crippen MR) is 172 cm³/mol. The molecule has 0 amide bonds. The van der Waals surface area contributed by atoms with E-state index in [1.807, 2.05) is 30.3 Å². The molecule has 1 N–H and O–H groups in total. The van der Waals surface area contributed by atoms with E-state index < -0.39 is 19.2 Å². The Balaban J connectivity index is 1.93. The summed E-state index contributed by atoms with van der Waals surface area (Å²) in [6.45, 7) is 14.1. The van der Waals surface area contributed by atoms with Crippen molar-refractivity contribution in [2.45, 2.75) is 71.2 Å². The standard InChI is InChI=1S/C34H47NO7Si/c1-23(2)43(24(3)4,25(5)6)42-22-27(18-19-41-21-26-12-14-28(40-7)15-13-26)29-16-17-31(34(37)32(29)20-36)30-10-8-9-11-33(30)35(38)39/h8-15,17-18,23-25,29,32,36H,16,19-22H2,1-7H3/b27-18+/t29-,32-/m0/s1. The van der Waals surface area contributed by atoms with Gasteiger partial charge in [0.05, 0.1) is 49.9 Å². The van der Waals surface area contributed by atoms with Gasteiger partial charge in [0.25, 0.3) is 5.69 Å². The van der Waals surface area contributed by atoms with Gasteiger partial charge in [0.2, 0.25) is 8.32 Å². The lowest BCUT2D eigenvalue weighted by Crippen LogP contribution is -2.48. The Hall–Kier alpha value is -3.11. The number of hydrogen-bond donors (Lipinski definition) is 1. The van der Waals surface area contributed by atoms with E-state index in [9.17, 15) is 20.0 Å². The third-order valence-electron chi connectivity index (χ3n) is 8.81. The van der Waals surface area contributed by atoms with Crippen LogP contribution in [0.4, 0.5) is 5.69 Å². The number of hydrogen-bond acceptors (Lipinski definition) is 7. The Morgan fingerprint density at radius 3 is 2.23 bits per heavy atom. The summed E-state index contributed by atoms with van der Waals surface area (Å²) >= 11 is 0. The van der Waals surface area contributed by atoms with Gasteiger partial charge in [0.15, 0.2) is 5.78 Å². The van der Waals surface area contributed by atoms with E-state index >= 15 is 0 Å². The highest BCUT2D eigenvalue weighted by atomic mass is 28.4. The number of methoxy groups -OCH3 is 1. The molecule has 0 fully saturated rings. The number of Topliss-reactive ketones (excluding diaryl/α,β-unsaturated/α-hetero) is 1. The first kappa shape index (κ1) is 34.4. The van der Waals surface area contributed by atoms with Crippen molar-refractivity contribution in [2.24, 2.45) is 11.8 Å². The summed E-state index contributed by atoms with van der Waals surface area (Å²) in [5, 5.41) is 22.2. The Kier molecular flexibility index (Phi) is 12.4. The predicted octanol–water partition coefficient (Wildman–Crippen LogP) is 7.52. The Morgan fingerprint density at radius 2 is 1.67 bits per heavy atom. The molecule has 234 valence electrons. The fourth-order valence-corrected chi connectivity index (χ4v) is 12.1. The highest BCUT2D eigenvalue weighted by molar-refractivity contribution is 6.77. The van der Waals surface area contributed by atoms with Crippen LogP contribution < -0.4 is 4.74 Å². The molecular formula is C34H47NO7Si. The maximum atomic E-state index is 13.8. The molecule has 0 aromatic heterocycles. The van der Waals surface area contributed by atoms with Crippen LogP contribution in [0.1, 0.15) is 59.1 Å². The van der Waals surface area contributed by atoms with Gasteiger partial charge < -0.3 is 19.0 Å². The third kappa shape index (κ3) is 7.89. The minimum absolute atomic E-state index is 0.121. The van der Waals surface area contributed by atoms with Crippen molar-refractivity contribution in [3.05, 3.63) is 87.5 Å². The summed E-state index contributed by atoms with van der Waals surface area (Å²) < 4.78 is 18.2. The third-order valence-corrected chi connectivity index (χ3v) is 14.9. The van der Waals surface area contributed by atoms with E-state index in [4.69, 9.17) is 13.9 Å². The highest BCUT2D eigenvalue weighted by Gasteiger charge is 2.46. The molecule has 0 unspecified atom stereocenters. The topological polar surface area (TPSA) is 108 Å². The first-order valence-corrected chi connectivity index (χ1v) is 17.2. The molecule has 3 rings (SSSR count). The minimum Gasteiger partial charge on any atom is -0.497 e. The molecule has 2 aromatic carbocycles. The van der Waals surface area contributed by atoms with Crippen LogP contribution in [-0.2, 0) is 20.6 Å².